The third-order valence-electron chi connectivity index (χ3n) is 4.34. The van der Waals surface area contributed by atoms with E-state index in [1.165, 1.54) is 21.1 Å². The Morgan fingerprint density at radius 2 is 1.86 bits per heavy atom. The van der Waals surface area contributed by atoms with Gasteiger partial charge in [0.05, 0.1) is 24.4 Å². The highest BCUT2D eigenvalue weighted by molar-refractivity contribution is 4.99. The van der Waals surface area contributed by atoms with Crippen molar-refractivity contribution in [3.63, 3.8) is 0 Å². The Hall–Kier alpha value is -0.320. The minimum atomic E-state index is -1.72. The van der Waals surface area contributed by atoms with Crippen LogP contribution in [0.2, 0.25) is 0 Å². The van der Waals surface area contributed by atoms with E-state index in [2.05, 4.69) is 0 Å². The van der Waals surface area contributed by atoms with E-state index in [0.717, 1.165) is 0 Å². The van der Waals surface area contributed by atoms with Crippen molar-refractivity contribution in [2.45, 2.75) is 75.2 Å². The Balaban J connectivity index is 2.79. The lowest BCUT2D eigenvalue weighted by molar-refractivity contribution is -0.299. The monoisotopic (exact) mass is 324 g/mol. The summed E-state index contributed by atoms with van der Waals surface area (Å²) in [5.41, 5.74) is -1.72. The number of aliphatic hydroxyl groups is 5. The van der Waals surface area contributed by atoms with Gasteiger partial charge in [-0.3, -0.25) is 0 Å². The third-order valence-corrected chi connectivity index (χ3v) is 4.34. The second kappa shape index (κ2) is 7.98. The molecule has 0 aromatic heterocycles. The summed E-state index contributed by atoms with van der Waals surface area (Å²) in [5.74, 6) is 0. The number of aliphatic hydroxyl groups excluding tert-OH is 4. The molecule has 22 heavy (non-hydrogen) atoms. The first-order chi connectivity index (χ1) is 10.2. The van der Waals surface area contributed by atoms with Gasteiger partial charge < -0.3 is 39.7 Å². The van der Waals surface area contributed by atoms with Crippen LogP contribution >= 0.6 is 0 Å². The van der Waals surface area contributed by atoms with E-state index in [-0.39, 0.29) is 12.8 Å². The summed E-state index contributed by atoms with van der Waals surface area (Å²) in [6, 6.07) is 0. The van der Waals surface area contributed by atoms with E-state index >= 15 is 0 Å². The van der Waals surface area contributed by atoms with Crippen molar-refractivity contribution < 1.29 is 39.7 Å². The molecule has 0 radical (unpaired) electrons. The maximum atomic E-state index is 10.7. The standard InChI is InChI=1S/C14H28O8/c1-7(15)12(18)10(20-3)5-11(17)14(19)6-9(16)13(21-4)22-8(14)2/h7-13,15-19H,5-6H2,1-4H3/t7-,8?,9?,10+,11+,12-,13?,14?/m1/s1. The van der Waals surface area contributed by atoms with Crippen molar-refractivity contribution in [2.24, 2.45) is 0 Å². The molecule has 0 aromatic carbocycles. The maximum absolute atomic E-state index is 10.7. The lowest BCUT2D eigenvalue weighted by Gasteiger charge is -2.46. The topological polar surface area (TPSA) is 129 Å². The molecule has 0 spiro atoms. The minimum absolute atomic E-state index is 0.128. The van der Waals surface area contributed by atoms with E-state index in [1.54, 1.807) is 6.92 Å². The molecule has 1 aliphatic rings. The average molecular weight is 324 g/mol. The summed E-state index contributed by atoms with van der Waals surface area (Å²) in [6.07, 6.45) is -7.48. The summed E-state index contributed by atoms with van der Waals surface area (Å²) in [5, 5.41) is 50.2. The lowest BCUT2D eigenvalue weighted by atomic mass is 9.80. The molecule has 1 rings (SSSR count). The highest BCUT2D eigenvalue weighted by Gasteiger charge is 2.50. The second-order valence-electron chi connectivity index (χ2n) is 5.90. The maximum Gasteiger partial charge on any atom is 0.183 e. The molecule has 132 valence electrons. The van der Waals surface area contributed by atoms with Crippen molar-refractivity contribution in [1.82, 2.24) is 0 Å². The largest absolute Gasteiger partial charge is 0.391 e. The minimum Gasteiger partial charge on any atom is -0.391 e. The van der Waals surface area contributed by atoms with E-state index in [9.17, 15) is 25.5 Å². The summed E-state index contributed by atoms with van der Waals surface area (Å²) < 4.78 is 15.4. The predicted octanol–water partition coefficient (Wildman–Crippen LogP) is -1.63. The van der Waals surface area contributed by atoms with Crippen LogP contribution in [0.5, 0.6) is 0 Å². The number of ether oxygens (including phenoxy) is 3. The molecule has 0 bridgehead atoms. The van der Waals surface area contributed by atoms with Crippen LogP contribution in [0.25, 0.3) is 0 Å². The van der Waals surface area contributed by atoms with Crippen LogP contribution in [0, 0.1) is 0 Å². The normalized spacial score (nSPS) is 38.3. The first kappa shape index (κ1) is 19.7. The van der Waals surface area contributed by atoms with Crippen molar-refractivity contribution >= 4 is 0 Å². The van der Waals surface area contributed by atoms with Crippen LogP contribution in [0.4, 0.5) is 0 Å². The lowest BCUT2D eigenvalue weighted by Crippen LogP contribution is -2.62. The zero-order valence-electron chi connectivity index (χ0n) is 13.4. The fraction of sp³-hybridized carbons (Fsp3) is 1.00. The Kier molecular flexibility index (Phi) is 7.16. The Morgan fingerprint density at radius 3 is 2.32 bits per heavy atom. The van der Waals surface area contributed by atoms with Crippen LogP contribution in [0.15, 0.2) is 0 Å². The number of hydrogen-bond donors (Lipinski definition) is 5. The van der Waals surface area contributed by atoms with Gasteiger partial charge in [-0.25, -0.2) is 0 Å². The zero-order chi connectivity index (χ0) is 17.1. The summed E-state index contributed by atoms with van der Waals surface area (Å²) >= 11 is 0. The van der Waals surface area contributed by atoms with Crippen LogP contribution in [0.1, 0.15) is 26.7 Å². The molecule has 0 aromatic rings. The highest BCUT2D eigenvalue weighted by Crippen LogP contribution is 2.34. The molecule has 1 saturated heterocycles. The molecule has 0 saturated carbocycles. The smallest absolute Gasteiger partial charge is 0.183 e. The summed E-state index contributed by atoms with van der Waals surface area (Å²) in [6.45, 7) is 2.96. The van der Waals surface area contributed by atoms with Gasteiger partial charge in [-0.2, -0.15) is 0 Å². The molecular weight excluding hydrogens is 296 g/mol. The van der Waals surface area contributed by atoms with Gasteiger partial charge in [0.15, 0.2) is 6.29 Å². The molecule has 1 fully saturated rings. The number of methoxy groups -OCH3 is 2. The molecule has 8 nitrogen and oxygen atoms in total. The van der Waals surface area contributed by atoms with Crippen LogP contribution < -0.4 is 0 Å². The van der Waals surface area contributed by atoms with Gasteiger partial charge in [-0.1, -0.05) is 0 Å². The van der Waals surface area contributed by atoms with E-state index in [0.29, 0.717) is 0 Å². The molecule has 5 N–H and O–H groups in total. The molecular formula is C14H28O8. The third kappa shape index (κ3) is 4.15. The fourth-order valence-electron chi connectivity index (χ4n) is 2.74. The van der Waals surface area contributed by atoms with Crippen LogP contribution in [-0.4, -0.2) is 88.3 Å². The SMILES string of the molecule is COC1OC(C)C(O)([C@@H](O)C[C@H](OC)[C@H](O)[C@@H](C)O)CC1O. The van der Waals surface area contributed by atoms with Crippen LogP contribution in [-0.2, 0) is 14.2 Å². The van der Waals surface area contributed by atoms with E-state index in [1.807, 2.05) is 0 Å². The van der Waals surface area contributed by atoms with Gasteiger partial charge in [0, 0.05) is 27.1 Å². The summed E-state index contributed by atoms with van der Waals surface area (Å²) in [7, 11) is 2.71. The molecule has 1 heterocycles. The van der Waals surface area contributed by atoms with Crippen molar-refractivity contribution in [2.75, 3.05) is 14.2 Å². The Morgan fingerprint density at radius 1 is 1.27 bits per heavy atom. The van der Waals surface area contributed by atoms with Crippen molar-refractivity contribution in [3.8, 4) is 0 Å². The average Bonchev–Trinajstić information content (AvgIpc) is 2.47. The van der Waals surface area contributed by atoms with Gasteiger partial charge >= 0.3 is 0 Å². The van der Waals surface area contributed by atoms with Crippen LogP contribution in [0.3, 0.4) is 0 Å². The molecule has 8 atom stereocenters. The van der Waals surface area contributed by atoms with Gasteiger partial charge in [0.25, 0.3) is 0 Å². The fourth-order valence-corrected chi connectivity index (χ4v) is 2.74. The summed E-state index contributed by atoms with van der Waals surface area (Å²) in [4.78, 5) is 0. The molecule has 8 heteroatoms. The van der Waals surface area contributed by atoms with Gasteiger partial charge in [-0.05, 0) is 13.8 Å². The first-order valence-electron chi connectivity index (χ1n) is 7.33. The van der Waals surface area contributed by atoms with Crippen molar-refractivity contribution in [3.05, 3.63) is 0 Å². The molecule has 0 aliphatic carbocycles. The van der Waals surface area contributed by atoms with E-state index in [4.69, 9.17) is 14.2 Å². The zero-order valence-corrected chi connectivity index (χ0v) is 13.4. The molecule has 1 aliphatic heterocycles. The molecule has 4 unspecified atom stereocenters. The van der Waals surface area contributed by atoms with Gasteiger partial charge in [0.1, 0.15) is 17.8 Å². The second-order valence-corrected chi connectivity index (χ2v) is 5.90. The highest BCUT2D eigenvalue weighted by atomic mass is 16.7. The number of rotatable bonds is 7. The quantitative estimate of drug-likeness (QED) is 0.377. The Labute approximate surface area is 130 Å². The predicted molar refractivity (Wildman–Crippen MR) is 76.0 cm³/mol. The Bertz CT molecular complexity index is 339. The van der Waals surface area contributed by atoms with Crippen molar-refractivity contribution in [1.29, 1.82) is 0 Å². The first-order valence-corrected chi connectivity index (χ1v) is 7.33. The van der Waals surface area contributed by atoms with E-state index < -0.39 is 48.5 Å². The van der Waals surface area contributed by atoms with Gasteiger partial charge in [-0.15, -0.1) is 0 Å². The van der Waals surface area contributed by atoms with Gasteiger partial charge in [0.2, 0.25) is 0 Å². The molecule has 0 amide bonds. The number of hydrogen-bond acceptors (Lipinski definition) is 8.